The molecule has 124 valence electrons. The van der Waals surface area contributed by atoms with Crippen molar-refractivity contribution >= 4 is 21.9 Å². The number of carbonyl (C=O) groups excluding carboxylic acids is 1. The van der Waals surface area contributed by atoms with Crippen LogP contribution in [0.15, 0.2) is 28.7 Å². The molecule has 0 saturated heterocycles. The van der Waals surface area contributed by atoms with Crippen molar-refractivity contribution in [2.45, 2.75) is 13.3 Å². The van der Waals surface area contributed by atoms with Gasteiger partial charge in [0.25, 0.3) is 0 Å². The van der Waals surface area contributed by atoms with Crippen molar-refractivity contribution in [1.82, 2.24) is 9.78 Å². The number of carbonyl (C=O) groups is 1. The summed E-state index contributed by atoms with van der Waals surface area (Å²) in [4.78, 5) is 11.7. The molecule has 0 aliphatic carbocycles. The Labute approximate surface area is 138 Å². The Balaban J connectivity index is 2.48. The van der Waals surface area contributed by atoms with Crippen LogP contribution in [0.1, 0.15) is 17.4 Å². The highest BCUT2D eigenvalue weighted by Crippen LogP contribution is 2.36. The Morgan fingerprint density at radius 1 is 1.35 bits per heavy atom. The normalized spacial score (nSPS) is 11.4. The second-order valence-corrected chi connectivity index (χ2v) is 5.36. The maximum absolute atomic E-state index is 12.6. The summed E-state index contributed by atoms with van der Waals surface area (Å²) in [5.41, 5.74) is 0.445. The number of halogens is 4. The summed E-state index contributed by atoms with van der Waals surface area (Å²) in [7, 11) is 1.51. The van der Waals surface area contributed by atoms with Gasteiger partial charge in [0.05, 0.1) is 12.3 Å². The Morgan fingerprint density at radius 2 is 2.04 bits per heavy atom. The molecule has 0 aliphatic heterocycles. The van der Waals surface area contributed by atoms with Crippen molar-refractivity contribution in [3.63, 3.8) is 0 Å². The van der Waals surface area contributed by atoms with Gasteiger partial charge in [0, 0.05) is 17.1 Å². The van der Waals surface area contributed by atoms with Crippen molar-refractivity contribution in [2.24, 2.45) is 7.05 Å². The summed E-state index contributed by atoms with van der Waals surface area (Å²) in [6.45, 7) is 1.82. The van der Waals surface area contributed by atoms with E-state index >= 15 is 0 Å². The number of rotatable bonds is 4. The topological polar surface area (TPSA) is 53.4 Å². The van der Waals surface area contributed by atoms with Gasteiger partial charge in [-0.1, -0.05) is 15.9 Å². The van der Waals surface area contributed by atoms with Crippen molar-refractivity contribution < 1.29 is 27.4 Å². The predicted octanol–water partition coefficient (Wildman–Crippen LogP) is 3.92. The predicted molar refractivity (Wildman–Crippen MR) is 79.0 cm³/mol. The summed E-state index contributed by atoms with van der Waals surface area (Å²) in [6, 6.07) is 5.55. The van der Waals surface area contributed by atoms with E-state index in [0.717, 1.165) is 0 Å². The van der Waals surface area contributed by atoms with Gasteiger partial charge in [-0.3, -0.25) is 4.68 Å². The molecule has 9 heteroatoms. The van der Waals surface area contributed by atoms with E-state index in [1.807, 2.05) is 0 Å². The van der Waals surface area contributed by atoms with E-state index in [-0.39, 0.29) is 17.9 Å². The maximum Gasteiger partial charge on any atom is 0.573 e. The van der Waals surface area contributed by atoms with Gasteiger partial charge in [0.2, 0.25) is 0 Å². The molecule has 1 heterocycles. The summed E-state index contributed by atoms with van der Waals surface area (Å²) in [5.74, 6) is -1.05. The SMILES string of the molecule is CCOC(=O)c1cc(-c2ccc(Br)cc2OC(F)(F)F)n(C)n1. The number of nitrogens with zero attached hydrogens (tertiary/aromatic N) is 2. The lowest BCUT2D eigenvalue weighted by molar-refractivity contribution is -0.274. The summed E-state index contributed by atoms with van der Waals surface area (Å²) >= 11 is 3.10. The minimum atomic E-state index is -4.84. The van der Waals surface area contributed by atoms with Crippen LogP contribution in [0.3, 0.4) is 0 Å². The van der Waals surface area contributed by atoms with E-state index < -0.39 is 18.1 Å². The van der Waals surface area contributed by atoms with Gasteiger partial charge in [0.1, 0.15) is 5.75 Å². The van der Waals surface area contributed by atoms with E-state index in [2.05, 4.69) is 25.8 Å². The summed E-state index contributed by atoms with van der Waals surface area (Å²) in [5, 5.41) is 3.96. The Hall–Kier alpha value is -2.03. The summed E-state index contributed by atoms with van der Waals surface area (Å²) in [6.07, 6.45) is -4.84. The van der Waals surface area contributed by atoms with Gasteiger partial charge in [-0.25, -0.2) is 4.79 Å². The molecule has 0 amide bonds. The molecule has 0 aliphatic rings. The fraction of sp³-hybridized carbons (Fsp3) is 0.286. The van der Waals surface area contributed by atoms with E-state index in [1.165, 1.54) is 29.9 Å². The summed E-state index contributed by atoms with van der Waals surface area (Å²) < 4.78 is 48.3. The second kappa shape index (κ2) is 6.61. The zero-order chi connectivity index (χ0) is 17.2. The van der Waals surface area contributed by atoms with Crippen molar-refractivity contribution in [2.75, 3.05) is 6.61 Å². The molecule has 2 aromatic rings. The van der Waals surface area contributed by atoms with Crippen LogP contribution >= 0.6 is 15.9 Å². The lowest BCUT2D eigenvalue weighted by Crippen LogP contribution is -2.17. The number of hydrogen-bond acceptors (Lipinski definition) is 4. The number of aromatic nitrogens is 2. The quantitative estimate of drug-likeness (QED) is 0.739. The third kappa shape index (κ3) is 4.25. The number of ether oxygens (including phenoxy) is 2. The number of alkyl halides is 3. The van der Waals surface area contributed by atoms with Crippen LogP contribution in [-0.2, 0) is 11.8 Å². The van der Waals surface area contributed by atoms with Crippen LogP contribution in [-0.4, -0.2) is 28.7 Å². The van der Waals surface area contributed by atoms with Gasteiger partial charge in [-0.05, 0) is 31.2 Å². The standard InChI is InChI=1S/C14H12BrF3N2O3/c1-3-22-13(21)10-7-11(20(2)19-10)9-5-4-8(15)6-12(9)23-14(16,17)18/h4-7H,3H2,1-2H3. The van der Waals surface area contributed by atoms with Gasteiger partial charge in [0.15, 0.2) is 5.69 Å². The number of aryl methyl sites for hydroxylation is 1. The minimum absolute atomic E-state index is 0.00484. The number of benzene rings is 1. The molecule has 0 saturated carbocycles. The van der Waals surface area contributed by atoms with Gasteiger partial charge >= 0.3 is 12.3 Å². The van der Waals surface area contributed by atoms with Crippen LogP contribution < -0.4 is 4.74 Å². The maximum atomic E-state index is 12.6. The highest BCUT2D eigenvalue weighted by Gasteiger charge is 2.33. The van der Waals surface area contributed by atoms with E-state index in [4.69, 9.17) is 4.74 Å². The number of esters is 1. The van der Waals surface area contributed by atoms with Crippen LogP contribution in [0.4, 0.5) is 13.2 Å². The zero-order valence-corrected chi connectivity index (χ0v) is 13.7. The van der Waals surface area contributed by atoms with E-state index in [9.17, 15) is 18.0 Å². The molecular formula is C14H12BrF3N2O3. The highest BCUT2D eigenvalue weighted by molar-refractivity contribution is 9.10. The molecule has 0 atom stereocenters. The first kappa shape index (κ1) is 17.3. The molecular weight excluding hydrogens is 381 g/mol. The van der Waals surface area contributed by atoms with Crippen molar-refractivity contribution in [3.05, 3.63) is 34.4 Å². The molecule has 0 bridgehead atoms. The van der Waals surface area contributed by atoms with Gasteiger partial charge < -0.3 is 9.47 Å². The minimum Gasteiger partial charge on any atom is -0.461 e. The molecule has 0 spiro atoms. The van der Waals surface area contributed by atoms with Gasteiger partial charge in [-0.2, -0.15) is 5.10 Å². The van der Waals surface area contributed by atoms with Crippen LogP contribution in [0.2, 0.25) is 0 Å². The molecule has 0 unspecified atom stereocenters. The molecule has 0 radical (unpaired) electrons. The van der Waals surface area contributed by atoms with E-state index in [1.54, 1.807) is 13.0 Å². The fourth-order valence-electron chi connectivity index (χ4n) is 1.94. The van der Waals surface area contributed by atoms with Crippen LogP contribution in [0.25, 0.3) is 11.3 Å². The average Bonchev–Trinajstić information content (AvgIpc) is 2.79. The number of hydrogen-bond donors (Lipinski definition) is 0. The van der Waals surface area contributed by atoms with Gasteiger partial charge in [-0.15, -0.1) is 13.2 Å². The third-order valence-corrected chi connectivity index (χ3v) is 3.30. The Kier molecular flexibility index (Phi) is 4.98. The van der Waals surface area contributed by atoms with Crippen LogP contribution in [0.5, 0.6) is 5.75 Å². The lowest BCUT2D eigenvalue weighted by atomic mass is 10.1. The van der Waals surface area contributed by atoms with Crippen molar-refractivity contribution in [3.8, 4) is 17.0 Å². The largest absolute Gasteiger partial charge is 0.573 e. The monoisotopic (exact) mass is 392 g/mol. The Morgan fingerprint density at radius 3 is 2.65 bits per heavy atom. The van der Waals surface area contributed by atoms with E-state index in [0.29, 0.717) is 10.2 Å². The highest BCUT2D eigenvalue weighted by atomic mass is 79.9. The van der Waals surface area contributed by atoms with Crippen molar-refractivity contribution in [1.29, 1.82) is 0 Å². The molecule has 0 fully saturated rings. The molecule has 2 rings (SSSR count). The molecule has 1 aromatic carbocycles. The fourth-order valence-corrected chi connectivity index (χ4v) is 2.28. The Bertz CT molecular complexity index is 729. The first-order chi connectivity index (χ1) is 10.7. The smallest absolute Gasteiger partial charge is 0.461 e. The first-order valence-corrected chi connectivity index (χ1v) is 7.27. The molecule has 0 N–H and O–H groups in total. The molecule has 1 aromatic heterocycles. The molecule has 23 heavy (non-hydrogen) atoms. The zero-order valence-electron chi connectivity index (χ0n) is 12.1. The first-order valence-electron chi connectivity index (χ1n) is 6.48. The average molecular weight is 393 g/mol. The molecule has 5 nitrogen and oxygen atoms in total. The lowest BCUT2D eigenvalue weighted by Gasteiger charge is -2.13. The third-order valence-electron chi connectivity index (χ3n) is 2.81. The second-order valence-electron chi connectivity index (χ2n) is 4.45. The van der Waals surface area contributed by atoms with Crippen LogP contribution in [0, 0.1) is 0 Å².